The normalized spacial score (nSPS) is 11.7. The molecule has 0 rings (SSSR count). The van der Waals surface area contributed by atoms with Gasteiger partial charge in [0, 0.05) is 24.6 Å². The highest BCUT2D eigenvalue weighted by atomic mass is 33.1. The van der Waals surface area contributed by atoms with E-state index in [9.17, 15) is 4.79 Å². The molecule has 0 aliphatic rings. The quantitative estimate of drug-likeness (QED) is 0.189. The first-order chi connectivity index (χ1) is 12.5. The predicted molar refractivity (Wildman–Crippen MR) is 121 cm³/mol. The lowest BCUT2D eigenvalue weighted by atomic mass is 10.1. The van der Waals surface area contributed by atoms with Crippen molar-refractivity contribution in [2.45, 2.75) is 71.1 Å². The molecule has 0 heterocycles. The zero-order valence-corrected chi connectivity index (χ0v) is 19.2. The summed E-state index contributed by atoms with van der Waals surface area (Å²) in [5.74, 6) is 2.09. The van der Waals surface area contributed by atoms with Crippen molar-refractivity contribution in [1.29, 1.82) is 0 Å². The van der Waals surface area contributed by atoms with Crippen LogP contribution >= 0.6 is 21.6 Å². The predicted octanol–water partition coefficient (Wildman–Crippen LogP) is 4.44. The molecule has 0 aliphatic carbocycles. The molecule has 156 valence electrons. The van der Waals surface area contributed by atoms with Crippen molar-refractivity contribution in [2.75, 3.05) is 51.8 Å². The van der Waals surface area contributed by atoms with Crippen LogP contribution in [0.5, 0.6) is 0 Å². The lowest BCUT2D eigenvalue weighted by molar-refractivity contribution is -0.882. The Balaban J connectivity index is 3.52. The van der Waals surface area contributed by atoms with Gasteiger partial charge in [-0.3, -0.25) is 4.79 Å². The maximum Gasteiger partial charge on any atom is 0.275 e. The van der Waals surface area contributed by atoms with E-state index in [1.807, 2.05) is 0 Å². The standard InChI is InChI=1S/C20H43N3OS2/c1-4-5-6-7-8-9-10-11-12-13-16-23(2,3)19-20(24)22-15-18-26-25-17-14-21/h4-19,21H2,1-3H3/p+1. The average molecular weight is 407 g/mol. The molecule has 0 saturated carbocycles. The minimum atomic E-state index is 0.173. The van der Waals surface area contributed by atoms with E-state index < -0.39 is 0 Å². The van der Waals surface area contributed by atoms with Crippen molar-refractivity contribution in [3.05, 3.63) is 0 Å². The molecule has 4 nitrogen and oxygen atoms in total. The Kier molecular flexibility index (Phi) is 18.5. The van der Waals surface area contributed by atoms with Gasteiger partial charge in [0.25, 0.3) is 5.91 Å². The minimum absolute atomic E-state index is 0.173. The molecule has 0 saturated heterocycles. The highest BCUT2D eigenvalue weighted by Crippen LogP contribution is 2.18. The lowest BCUT2D eigenvalue weighted by Gasteiger charge is -2.29. The largest absolute Gasteiger partial charge is 0.350 e. The summed E-state index contributed by atoms with van der Waals surface area (Å²) in [6.07, 6.45) is 13.6. The number of carbonyl (C=O) groups excluding carboxylic acids is 1. The second kappa shape index (κ2) is 18.5. The Labute approximate surface area is 170 Å². The molecule has 0 radical (unpaired) electrons. The molecular weight excluding hydrogens is 362 g/mol. The fourth-order valence-electron chi connectivity index (χ4n) is 2.95. The smallest absolute Gasteiger partial charge is 0.275 e. The number of carbonyl (C=O) groups is 1. The van der Waals surface area contributed by atoms with Crippen molar-refractivity contribution >= 4 is 27.5 Å². The summed E-state index contributed by atoms with van der Waals surface area (Å²) in [6, 6.07) is 0. The van der Waals surface area contributed by atoms with Crippen LogP contribution in [0, 0.1) is 0 Å². The van der Waals surface area contributed by atoms with Gasteiger partial charge in [0.15, 0.2) is 6.54 Å². The fraction of sp³-hybridized carbons (Fsp3) is 0.950. The molecule has 0 aromatic heterocycles. The van der Waals surface area contributed by atoms with E-state index in [4.69, 9.17) is 5.73 Å². The number of rotatable bonds is 19. The first kappa shape index (κ1) is 26.1. The van der Waals surface area contributed by atoms with E-state index in [1.54, 1.807) is 21.6 Å². The lowest BCUT2D eigenvalue weighted by Crippen LogP contribution is -2.48. The van der Waals surface area contributed by atoms with E-state index in [0.717, 1.165) is 29.1 Å². The molecule has 0 unspecified atom stereocenters. The highest BCUT2D eigenvalue weighted by Gasteiger charge is 2.19. The van der Waals surface area contributed by atoms with Crippen LogP contribution in [0.2, 0.25) is 0 Å². The van der Waals surface area contributed by atoms with Gasteiger partial charge >= 0.3 is 0 Å². The van der Waals surface area contributed by atoms with Crippen LogP contribution in [0.1, 0.15) is 71.1 Å². The number of nitrogens with one attached hydrogen (secondary N) is 1. The second-order valence-corrected chi connectivity index (χ2v) is 10.5. The summed E-state index contributed by atoms with van der Waals surface area (Å²) in [4.78, 5) is 12.1. The van der Waals surface area contributed by atoms with Crippen LogP contribution in [0.4, 0.5) is 0 Å². The first-order valence-corrected chi connectivity index (χ1v) is 13.0. The summed E-state index contributed by atoms with van der Waals surface area (Å²) in [6.45, 7) is 5.41. The number of hydrogen-bond donors (Lipinski definition) is 2. The third kappa shape index (κ3) is 18.9. The fourth-order valence-corrected chi connectivity index (χ4v) is 4.71. The topological polar surface area (TPSA) is 55.1 Å². The molecule has 1 amide bonds. The maximum absolute atomic E-state index is 12.1. The van der Waals surface area contributed by atoms with Gasteiger partial charge in [-0.25, -0.2) is 0 Å². The first-order valence-electron chi connectivity index (χ1n) is 10.5. The second-order valence-electron chi connectivity index (χ2n) is 7.78. The SMILES string of the molecule is CCCCCCCCCCCC[N+](C)(C)CC(=O)NCCSSCCN. The Morgan fingerprint density at radius 1 is 0.885 bits per heavy atom. The molecule has 0 atom stereocenters. The van der Waals surface area contributed by atoms with Gasteiger partial charge in [0.2, 0.25) is 0 Å². The number of nitrogens with zero attached hydrogens (tertiary/aromatic N) is 1. The summed E-state index contributed by atoms with van der Waals surface area (Å²) in [5, 5.41) is 3.03. The van der Waals surface area contributed by atoms with Crippen LogP contribution in [0.15, 0.2) is 0 Å². The van der Waals surface area contributed by atoms with E-state index in [-0.39, 0.29) is 5.91 Å². The van der Waals surface area contributed by atoms with Crippen molar-refractivity contribution in [2.24, 2.45) is 5.73 Å². The number of hydrogen-bond acceptors (Lipinski definition) is 4. The zero-order valence-electron chi connectivity index (χ0n) is 17.6. The van der Waals surface area contributed by atoms with Gasteiger partial charge in [-0.15, -0.1) is 0 Å². The Morgan fingerprint density at radius 3 is 2.00 bits per heavy atom. The molecule has 26 heavy (non-hydrogen) atoms. The molecule has 0 bridgehead atoms. The van der Waals surface area contributed by atoms with Crippen molar-refractivity contribution in [3.8, 4) is 0 Å². The minimum Gasteiger partial charge on any atom is -0.350 e. The van der Waals surface area contributed by atoms with Gasteiger partial charge < -0.3 is 15.5 Å². The number of amides is 1. The molecule has 0 aliphatic heterocycles. The van der Waals surface area contributed by atoms with Crippen LogP contribution < -0.4 is 11.1 Å². The highest BCUT2D eigenvalue weighted by molar-refractivity contribution is 8.76. The van der Waals surface area contributed by atoms with Crippen LogP contribution in [-0.2, 0) is 4.79 Å². The van der Waals surface area contributed by atoms with E-state index in [1.165, 1.54) is 64.2 Å². The molecule has 0 aromatic carbocycles. The summed E-state index contributed by atoms with van der Waals surface area (Å²) in [7, 11) is 7.89. The van der Waals surface area contributed by atoms with Gasteiger partial charge in [-0.05, 0) is 12.8 Å². The Bertz CT molecular complexity index is 328. The number of nitrogens with two attached hydrogens (primary N) is 1. The van der Waals surface area contributed by atoms with Gasteiger partial charge in [-0.1, -0.05) is 79.9 Å². The maximum atomic E-state index is 12.1. The van der Waals surface area contributed by atoms with Crippen LogP contribution in [-0.4, -0.2) is 62.2 Å². The van der Waals surface area contributed by atoms with Crippen molar-refractivity contribution in [3.63, 3.8) is 0 Å². The van der Waals surface area contributed by atoms with E-state index in [2.05, 4.69) is 26.3 Å². The molecule has 0 spiro atoms. The summed E-state index contributed by atoms with van der Waals surface area (Å²) < 4.78 is 0.790. The van der Waals surface area contributed by atoms with Crippen molar-refractivity contribution in [1.82, 2.24) is 5.32 Å². The molecule has 3 N–H and O–H groups in total. The van der Waals surface area contributed by atoms with Gasteiger partial charge in [-0.2, -0.15) is 0 Å². The summed E-state index contributed by atoms with van der Waals surface area (Å²) >= 11 is 0. The van der Waals surface area contributed by atoms with Gasteiger partial charge in [0.1, 0.15) is 0 Å². The van der Waals surface area contributed by atoms with Crippen LogP contribution in [0.25, 0.3) is 0 Å². The van der Waals surface area contributed by atoms with Crippen LogP contribution in [0.3, 0.4) is 0 Å². The van der Waals surface area contributed by atoms with Crippen molar-refractivity contribution < 1.29 is 9.28 Å². The molecular formula is C20H44N3OS2+. The average Bonchev–Trinajstić information content (AvgIpc) is 2.59. The Hall–Kier alpha value is 0.0900. The van der Waals surface area contributed by atoms with E-state index >= 15 is 0 Å². The number of likely N-dealkylation sites (N-methyl/N-ethyl adjacent to an activating group) is 1. The van der Waals surface area contributed by atoms with E-state index in [0.29, 0.717) is 13.1 Å². The molecule has 0 aromatic rings. The zero-order chi connectivity index (χ0) is 19.5. The Morgan fingerprint density at radius 2 is 1.42 bits per heavy atom. The third-order valence-corrected chi connectivity index (χ3v) is 6.92. The molecule has 6 heteroatoms. The van der Waals surface area contributed by atoms with Gasteiger partial charge in [0.05, 0.1) is 20.6 Å². The third-order valence-electron chi connectivity index (χ3n) is 4.48. The number of unbranched alkanes of at least 4 members (excludes halogenated alkanes) is 9. The monoisotopic (exact) mass is 406 g/mol. The number of quaternary nitrogens is 1. The summed E-state index contributed by atoms with van der Waals surface area (Å²) in [5.41, 5.74) is 5.45. The molecule has 0 fully saturated rings.